The van der Waals surface area contributed by atoms with Crippen LogP contribution in [0.15, 0.2) is 108 Å². The van der Waals surface area contributed by atoms with Gasteiger partial charge < -0.3 is 15.1 Å². The van der Waals surface area contributed by atoms with Gasteiger partial charge in [0.1, 0.15) is 17.0 Å². The van der Waals surface area contributed by atoms with Gasteiger partial charge in [0.2, 0.25) is 0 Å². The fourth-order valence-electron chi connectivity index (χ4n) is 6.34. The summed E-state index contributed by atoms with van der Waals surface area (Å²) in [6.45, 7) is 0. The number of rotatable bonds is 1. The van der Waals surface area contributed by atoms with Gasteiger partial charge in [-0.2, -0.15) is 0 Å². The van der Waals surface area contributed by atoms with Crippen LogP contribution in [0.2, 0.25) is 0 Å². The van der Waals surface area contributed by atoms with E-state index in [0.717, 1.165) is 38.8 Å². The zero-order valence-corrected chi connectivity index (χ0v) is 19.3. The zero-order chi connectivity index (χ0) is 23.4. The third-order valence-electron chi connectivity index (χ3n) is 7.96. The van der Waals surface area contributed by atoms with Gasteiger partial charge in [0, 0.05) is 21.5 Å². The van der Waals surface area contributed by atoms with E-state index in [1.54, 1.807) is 0 Å². The number of hydrogen-bond acceptors (Lipinski definition) is 3. The van der Waals surface area contributed by atoms with Gasteiger partial charge in [0.25, 0.3) is 0 Å². The number of para-hydroxylation sites is 1. The molecule has 0 fully saturated rings. The predicted molar refractivity (Wildman–Crippen MR) is 149 cm³/mol. The standard InChI is InChI=1S/C32H21N3O/c1-2-8-18(9-3-1)19-14-15-20-22-17-23-21-10-4-7-13-27(21)36-31(23)28-29-32(35(30(22)28)26(20)16-19)34-25-12-6-5-11-24(25)33-29/h1-17,24-25,33-34H. The smallest absolute Gasteiger partial charge is 0.147 e. The molecule has 4 heteroatoms. The van der Waals surface area contributed by atoms with E-state index in [1.165, 1.54) is 32.9 Å². The maximum atomic E-state index is 6.54. The predicted octanol–water partition coefficient (Wildman–Crippen LogP) is 7.95. The van der Waals surface area contributed by atoms with Crippen LogP contribution in [0.5, 0.6) is 0 Å². The number of nitrogens with one attached hydrogen (secondary N) is 2. The van der Waals surface area contributed by atoms with Crippen LogP contribution < -0.4 is 10.6 Å². The quantitative estimate of drug-likeness (QED) is 0.260. The molecule has 9 rings (SSSR count). The second-order valence-corrected chi connectivity index (χ2v) is 9.89. The molecule has 2 unspecified atom stereocenters. The van der Waals surface area contributed by atoms with Crippen LogP contribution in [-0.2, 0) is 0 Å². The van der Waals surface area contributed by atoms with Crippen LogP contribution in [0.4, 0.5) is 11.5 Å². The van der Waals surface area contributed by atoms with Gasteiger partial charge in [-0.05, 0) is 29.3 Å². The summed E-state index contributed by atoms with van der Waals surface area (Å²) in [4.78, 5) is 0. The summed E-state index contributed by atoms with van der Waals surface area (Å²) in [5.74, 6) is 1.10. The second-order valence-electron chi connectivity index (χ2n) is 9.89. The molecule has 3 aromatic heterocycles. The Morgan fingerprint density at radius 3 is 2.36 bits per heavy atom. The van der Waals surface area contributed by atoms with Crippen molar-refractivity contribution in [2.45, 2.75) is 12.1 Å². The van der Waals surface area contributed by atoms with Crippen LogP contribution in [0.3, 0.4) is 0 Å². The van der Waals surface area contributed by atoms with Crippen LogP contribution >= 0.6 is 0 Å². The van der Waals surface area contributed by atoms with Gasteiger partial charge in [-0.3, -0.25) is 4.40 Å². The minimum atomic E-state index is 0.194. The molecule has 0 radical (unpaired) electrons. The van der Waals surface area contributed by atoms with Crippen molar-refractivity contribution < 1.29 is 4.42 Å². The number of fused-ring (bicyclic) bond motifs is 11. The first-order valence-electron chi connectivity index (χ1n) is 12.5. The lowest BCUT2D eigenvalue weighted by atomic mass is 9.98. The van der Waals surface area contributed by atoms with E-state index in [-0.39, 0.29) is 12.1 Å². The molecule has 0 saturated heterocycles. The van der Waals surface area contributed by atoms with Crippen molar-refractivity contribution in [3.63, 3.8) is 0 Å². The van der Waals surface area contributed by atoms with E-state index in [2.05, 4.69) is 112 Å². The van der Waals surface area contributed by atoms with E-state index in [4.69, 9.17) is 4.42 Å². The van der Waals surface area contributed by atoms with E-state index < -0.39 is 0 Å². The molecule has 1 aliphatic carbocycles. The highest BCUT2D eigenvalue weighted by Gasteiger charge is 2.33. The van der Waals surface area contributed by atoms with Crippen molar-refractivity contribution in [2.24, 2.45) is 0 Å². The number of furan rings is 1. The second kappa shape index (κ2) is 6.49. The minimum Gasteiger partial charge on any atom is -0.455 e. The summed E-state index contributed by atoms with van der Waals surface area (Å²) in [5, 5.41) is 13.7. The van der Waals surface area contributed by atoms with Gasteiger partial charge in [0.15, 0.2) is 0 Å². The van der Waals surface area contributed by atoms with Crippen molar-refractivity contribution in [3.05, 3.63) is 103 Å². The molecule has 4 aromatic carbocycles. The highest BCUT2D eigenvalue weighted by molar-refractivity contribution is 6.30. The molecular weight excluding hydrogens is 442 g/mol. The fraction of sp³-hybridized carbons (Fsp3) is 0.0625. The summed E-state index contributed by atoms with van der Waals surface area (Å²) in [6, 6.07) is 28.5. The van der Waals surface area contributed by atoms with Crippen molar-refractivity contribution in [1.82, 2.24) is 4.40 Å². The maximum Gasteiger partial charge on any atom is 0.147 e. The van der Waals surface area contributed by atoms with Crippen LogP contribution in [-0.4, -0.2) is 16.5 Å². The Labute approximate surface area is 206 Å². The van der Waals surface area contributed by atoms with Crippen LogP contribution in [0, 0.1) is 0 Å². The summed E-state index contributed by atoms with van der Waals surface area (Å²) in [5.41, 5.74) is 7.84. The molecule has 2 atom stereocenters. The first-order valence-corrected chi connectivity index (χ1v) is 12.5. The molecule has 2 aliphatic rings. The summed E-state index contributed by atoms with van der Waals surface area (Å²) >= 11 is 0. The minimum absolute atomic E-state index is 0.194. The van der Waals surface area contributed by atoms with Crippen molar-refractivity contribution in [3.8, 4) is 11.1 Å². The zero-order valence-electron chi connectivity index (χ0n) is 19.3. The molecule has 4 nitrogen and oxygen atoms in total. The van der Waals surface area contributed by atoms with E-state index >= 15 is 0 Å². The number of benzene rings is 4. The van der Waals surface area contributed by atoms with Gasteiger partial charge in [-0.15, -0.1) is 0 Å². The largest absolute Gasteiger partial charge is 0.455 e. The molecule has 0 saturated carbocycles. The summed E-state index contributed by atoms with van der Waals surface area (Å²) in [7, 11) is 0. The molecular formula is C32H21N3O. The molecule has 7 aromatic rings. The molecule has 0 bridgehead atoms. The molecule has 0 spiro atoms. The Morgan fingerprint density at radius 2 is 1.47 bits per heavy atom. The normalized spacial score (nSPS) is 18.8. The van der Waals surface area contributed by atoms with Gasteiger partial charge in [-0.1, -0.05) is 85.0 Å². The SMILES string of the molecule is C1=CC2Nc3c(n4c5cc(-c6ccccc6)ccc5c5cc6c7ccccc7oc6c3c54)NC2C=C1. The van der Waals surface area contributed by atoms with Crippen LogP contribution in [0.1, 0.15) is 0 Å². The first-order chi connectivity index (χ1) is 17.8. The first kappa shape index (κ1) is 18.6. The average molecular weight is 464 g/mol. The van der Waals surface area contributed by atoms with Crippen molar-refractivity contribution >= 4 is 60.6 Å². The Bertz CT molecular complexity index is 2060. The van der Waals surface area contributed by atoms with Gasteiger partial charge >= 0.3 is 0 Å². The fourth-order valence-corrected chi connectivity index (χ4v) is 6.34. The Balaban J connectivity index is 1.47. The summed E-state index contributed by atoms with van der Waals surface area (Å²) in [6.07, 6.45) is 8.71. The molecule has 36 heavy (non-hydrogen) atoms. The molecule has 2 N–H and O–H groups in total. The van der Waals surface area contributed by atoms with Gasteiger partial charge in [0.05, 0.1) is 34.2 Å². The highest BCUT2D eigenvalue weighted by atomic mass is 16.3. The third-order valence-corrected chi connectivity index (χ3v) is 7.96. The lowest BCUT2D eigenvalue weighted by Gasteiger charge is -2.33. The lowest BCUT2D eigenvalue weighted by molar-refractivity contribution is 0.672. The van der Waals surface area contributed by atoms with Gasteiger partial charge in [-0.25, -0.2) is 0 Å². The van der Waals surface area contributed by atoms with E-state index in [9.17, 15) is 0 Å². The Kier molecular flexibility index (Phi) is 3.36. The van der Waals surface area contributed by atoms with E-state index in [0.29, 0.717) is 0 Å². The number of aromatic nitrogens is 1. The third kappa shape index (κ3) is 2.24. The summed E-state index contributed by atoms with van der Waals surface area (Å²) < 4.78 is 8.95. The maximum absolute atomic E-state index is 6.54. The Morgan fingerprint density at radius 1 is 0.667 bits per heavy atom. The highest BCUT2D eigenvalue weighted by Crippen LogP contribution is 2.50. The average Bonchev–Trinajstić information content (AvgIpc) is 3.57. The molecule has 4 heterocycles. The monoisotopic (exact) mass is 463 g/mol. The van der Waals surface area contributed by atoms with E-state index in [1.807, 2.05) is 6.07 Å². The number of anilines is 2. The number of nitrogens with zero attached hydrogens (tertiary/aromatic N) is 1. The number of allylic oxidation sites excluding steroid dienone is 2. The van der Waals surface area contributed by atoms with Crippen molar-refractivity contribution in [2.75, 3.05) is 10.6 Å². The topological polar surface area (TPSA) is 41.6 Å². The molecule has 1 aliphatic heterocycles. The van der Waals surface area contributed by atoms with Crippen molar-refractivity contribution in [1.29, 1.82) is 0 Å². The van der Waals surface area contributed by atoms with Crippen LogP contribution in [0.25, 0.3) is 60.3 Å². The molecule has 0 amide bonds. The number of hydrogen-bond donors (Lipinski definition) is 2. The lowest BCUT2D eigenvalue weighted by Crippen LogP contribution is -2.41. The molecule has 170 valence electrons. The Hall–Kier alpha value is -4.70.